The van der Waals surface area contributed by atoms with Crippen LogP contribution >= 0.6 is 0 Å². The maximum absolute atomic E-state index is 14.1. The molecule has 0 fully saturated rings. The Hall–Kier alpha value is -3.83. The minimum Gasteiger partial charge on any atom is -0.239 e. The number of fused-ring (bicyclic) bond motifs is 2. The average molecular weight is 559 g/mol. The first-order chi connectivity index (χ1) is 17.8. The van der Waals surface area contributed by atoms with Crippen LogP contribution in [0.1, 0.15) is 11.1 Å². The lowest BCUT2D eigenvalue weighted by Crippen LogP contribution is -2.54. The van der Waals surface area contributed by atoms with Crippen LogP contribution in [0.5, 0.6) is 0 Å². The number of hydrogen-bond donors (Lipinski definition) is 0. The molecule has 4 aromatic rings. The summed E-state index contributed by atoms with van der Waals surface area (Å²) in [7, 11) is -10.7. The van der Waals surface area contributed by atoms with Gasteiger partial charge in [0.15, 0.2) is 6.17 Å². The summed E-state index contributed by atoms with van der Waals surface area (Å²) in [6.07, 6.45) is -1.96. The third-order valence-electron chi connectivity index (χ3n) is 6.34. The second-order valence-electron chi connectivity index (χ2n) is 8.81. The summed E-state index contributed by atoms with van der Waals surface area (Å²) >= 11 is 0. The minimum atomic E-state index is -6.08. The summed E-state index contributed by atoms with van der Waals surface area (Å²) < 4.78 is 97.4. The Labute approximate surface area is 218 Å². The number of hydrogen-bond acceptors (Lipinski definition) is 4. The predicted octanol–water partition coefficient (Wildman–Crippen LogP) is 6.05. The molecule has 0 radical (unpaired) electrons. The second kappa shape index (κ2) is 8.88. The van der Waals surface area contributed by atoms with Crippen molar-refractivity contribution in [2.75, 3.05) is 8.61 Å². The van der Waals surface area contributed by atoms with Gasteiger partial charge >= 0.3 is 15.5 Å². The van der Waals surface area contributed by atoms with Crippen molar-refractivity contribution in [2.24, 2.45) is 0 Å². The second-order valence-corrected chi connectivity index (χ2v) is 12.4. The molecule has 38 heavy (non-hydrogen) atoms. The van der Waals surface area contributed by atoms with Crippen LogP contribution in [0.4, 0.5) is 24.5 Å². The van der Waals surface area contributed by atoms with E-state index in [1.54, 1.807) is 49.4 Å². The van der Waals surface area contributed by atoms with Crippen LogP contribution in [0, 0.1) is 6.92 Å². The quantitative estimate of drug-likeness (QED) is 0.299. The summed E-state index contributed by atoms with van der Waals surface area (Å²) in [4.78, 5) is -0.217. The van der Waals surface area contributed by atoms with Gasteiger partial charge in [0, 0.05) is 5.56 Å². The first kappa shape index (κ1) is 25.8. The summed E-state index contributed by atoms with van der Waals surface area (Å²) in [6.45, 7) is 5.67. The molecule has 0 spiro atoms. The molecule has 6 nitrogen and oxygen atoms in total. The van der Waals surface area contributed by atoms with Crippen molar-refractivity contribution in [2.45, 2.75) is 23.5 Å². The van der Waals surface area contributed by atoms with Crippen LogP contribution in [0.25, 0.3) is 16.3 Å². The average Bonchev–Trinajstić information content (AvgIpc) is 3.14. The number of aryl methyl sites for hydroxylation is 1. The van der Waals surface area contributed by atoms with E-state index >= 15 is 0 Å². The first-order valence-electron chi connectivity index (χ1n) is 11.3. The Balaban J connectivity index is 1.83. The molecule has 4 aromatic carbocycles. The van der Waals surface area contributed by atoms with Gasteiger partial charge in [0.25, 0.3) is 10.0 Å². The number of nitrogens with zero attached hydrogens (tertiary/aromatic N) is 2. The van der Waals surface area contributed by atoms with E-state index in [1.165, 1.54) is 48.5 Å². The molecule has 1 heterocycles. The van der Waals surface area contributed by atoms with E-state index in [4.69, 9.17) is 0 Å². The topological polar surface area (TPSA) is 74.8 Å². The Morgan fingerprint density at radius 3 is 1.95 bits per heavy atom. The molecule has 0 aromatic heterocycles. The molecule has 0 amide bonds. The number of anilines is 2. The molecule has 11 heteroatoms. The van der Waals surface area contributed by atoms with Crippen LogP contribution in [0.3, 0.4) is 0 Å². The third-order valence-corrected chi connectivity index (χ3v) is 9.64. The van der Waals surface area contributed by atoms with Gasteiger partial charge in [-0.25, -0.2) is 17.0 Å². The van der Waals surface area contributed by atoms with Gasteiger partial charge in [0.1, 0.15) is 0 Å². The van der Waals surface area contributed by atoms with E-state index in [9.17, 15) is 30.0 Å². The standard InChI is InChI=1S/C27H21F3N2O4S2/c1-18-12-14-23(15-13-18)37(33,34)31(22-10-4-3-5-11-22)26-19(2)24-16-20-8-6-7-9-21(20)17-25(24)32(26)38(35,36)27(28,29)30/h3-17,26H,2H2,1H3/t26-/m1/s1. The van der Waals surface area contributed by atoms with Crippen molar-refractivity contribution in [3.8, 4) is 0 Å². The van der Waals surface area contributed by atoms with Gasteiger partial charge in [-0.1, -0.05) is 66.7 Å². The van der Waals surface area contributed by atoms with Crippen LogP contribution in [0.15, 0.2) is 102 Å². The molecule has 196 valence electrons. The predicted molar refractivity (Wildman–Crippen MR) is 142 cm³/mol. The van der Waals surface area contributed by atoms with Crippen molar-refractivity contribution in [1.82, 2.24) is 0 Å². The highest BCUT2D eigenvalue weighted by Gasteiger charge is 2.57. The maximum Gasteiger partial charge on any atom is 0.516 e. The van der Waals surface area contributed by atoms with Crippen LogP contribution in [-0.4, -0.2) is 28.5 Å². The zero-order valence-corrected chi connectivity index (χ0v) is 21.6. The van der Waals surface area contributed by atoms with Gasteiger partial charge in [-0.2, -0.15) is 21.6 Å². The number of halogens is 3. The molecule has 0 N–H and O–H groups in total. The summed E-state index contributed by atoms with van der Waals surface area (Å²) in [5, 5.41) is 1.11. The fraction of sp³-hybridized carbons (Fsp3) is 0.111. The van der Waals surface area contributed by atoms with Crippen LogP contribution in [0.2, 0.25) is 0 Å². The zero-order valence-electron chi connectivity index (χ0n) is 19.9. The lowest BCUT2D eigenvalue weighted by Gasteiger charge is -2.37. The SMILES string of the molecule is C=C1c2cc3ccccc3cc2N(S(=O)(=O)C(F)(F)F)[C@H]1N(c1ccccc1)S(=O)(=O)c1ccc(C)cc1. The Morgan fingerprint density at radius 2 is 1.37 bits per heavy atom. The molecule has 0 saturated heterocycles. The number of rotatable bonds is 5. The lowest BCUT2D eigenvalue weighted by molar-refractivity contribution is -0.0439. The van der Waals surface area contributed by atoms with Gasteiger partial charge in [0.05, 0.1) is 16.3 Å². The first-order valence-corrected chi connectivity index (χ1v) is 14.2. The fourth-order valence-corrected chi connectivity index (χ4v) is 7.27. The highest BCUT2D eigenvalue weighted by molar-refractivity contribution is 7.94. The molecule has 1 aliphatic heterocycles. The van der Waals surface area contributed by atoms with Crippen molar-refractivity contribution < 1.29 is 30.0 Å². The van der Waals surface area contributed by atoms with Gasteiger partial charge in [0.2, 0.25) is 0 Å². The van der Waals surface area contributed by atoms with E-state index in [2.05, 4.69) is 6.58 Å². The van der Waals surface area contributed by atoms with Gasteiger partial charge in [-0.15, -0.1) is 0 Å². The van der Waals surface area contributed by atoms with Crippen molar-refractivity contribution in [1.29, 1.82) is 0 Å². The lowest BCUT2D eigenvalue weighted by atomic mass is 10.0. The highest BCUT2D eigenvalue weighted by atomic mass is 32.2. The monoisotopic (exact) mass is 558 g/mol. The largest absolute Gasteiger partial charge is 0.516 e. The van der Waals surface area contributed by atoms with E-state index < -0.39 is 31.7 Å². The maximum atomic E-state index is 14.1. The number of benzene rings is 4. The summed E-state index contributed by atoms with van der Waals surface area (Å²) in [6, 6.07) is 22.7. The summed E-state index contributed by atoms with van der Waals surface area (Å²) in [5.41, 5.74) is -5.30. The van der Waals surface area contributed by atoms with Crippen molar-refractivity contribution in [3.05, 3.63) is 109 Å². The Bertz CT molecular complexity index is 1770. The minimum absolute atomic E-state index is 0.0287. The molecule has 0 aliphatic carbocycles. The van der Waals surface area contributed by atoms with Crippen LogP contribution < -0.4 is 8.61 Å². The molecule has 0 bridgehead atoms. The van der Waals surface area contributed by atoms with E-state index in [1.807, 2.05) is 0 Å². The van der Waals surface area contributed by atoms with E-state index in [-0.39, 0.29) is 31.7 Å². The third kappa shape index (κ3) is 4.02. The molecule has 0 unspecified atom stereocenters. The number of para-hydroxylation sites is 1. The molecule has 1 atom stereocenters. The highest BCUT2D eigenvalue weighted by Crippen LogP contribution is 2.49. The van der Waals surface area contributed by atoms with Gasteiger partial charge < -0.3 is 0 Å². The van der Waals surface area contributed by atoms with E-state index in [0.29, 0.717) is 15.1 Å². The van der Waals surface area contributed by atoms with Crippen molar-refractivity contribution in [3.63, 3.8) is 0 Å². The molecule has 0 saturated carbocycles. The normalized spacial score (nSPS) is 16.1. The Kier molecular flexibility index (Phi) is 6.03. The number of alkyl halides is 3. The van der Waals surface area contributed by atoms with Gasteiger partial charge in [-0.3, -0.25) is 0 Å². The molecule has 5 rings (SSSR count). The van der Waals surface area contributed by atoms with Gasteiger partial charge in [-0.05, 0) is 59.7 Å². The fourth-order valence-electron chi connectivity index (χ4n) is 4.50. The zero-order chi connectivity index (χ0) is 27.5. The Morgan fingerprint density at radius 1 is 0.816 bits per heavy atom. The molecule has 1 aliphatic rings. The smallest absolute Gasteiger partial charge is 0.239 e. The van der Waals surface area contributed by atoms with Crippen LogP contribution in [-0.2, 0) is 20.0 Å². The van der Waals surface area contributed by atoms with E-state index in [0.717, 1.165) is 5.56 Å². The molecular weight excluding hydrogens is 537 g/mol. The van der Waals surface area contributed by atoms with Crippen molar-refractivity contribution >= 4 is 47.8 Å². The summed E-state index contributed by atoms with van der Waals surface area (Å²) in [5.74, 6) is 0. The number of sulfonamides is 2. The molecular formula is C27H21F3N2O4S2.